The van der Waals surface area contributed by atoms with Crippen molar-refractivity contribution in [2.45, 2.75) is 32.2 Å². The van der Waals surface area contributed by atoms with Crippen molar-refractivity contribution in [1.29, 1.82) is 0 Å². The summed E-state index contributed by atoms with van der Waals surface area (Å²) in [4.78, 5) is 33.4. The Labute approximate surface area is 130 Å². The largest absolute Gasteiger partial charge is 0.344 e. The van der Waals surface area contributed by atoms with Crippen molar-refractivity contribution in [3.8, 4) is 0 Å². The number of hydrogen-bond donors (Lipinski definition) is 7. The van der Waals surface area contributed by atoms with Crippen LogP contribution in [-0.4, -0.2) is 62.5 Å². The van der Waals surface area contributed by atoms with Gasteiger partial charge in [-0.25, -0.2) is 0 Å². The molecule has 0 aromatic rings. The Morgan fingerprint density at radius 1 is 0.708 bits per heavy atom. The predicted octanol–water partition coefficient (Wildman–Crippen LogP) is -1.58. The van der Waals surface area contributed by atoms with Gasteiger partial charge in [0.05, 0.1) is 0 Å². The van der Waals surface area contributed by atoms with E-state index in [0.29, 0.717) is 6.42 Å². The monoisotopic (exact) mass is 372 g/mol. The van der Waals surface area contributed by atoms with Crippen LogP contribution < -0.4 is 0 Å². The van der Waals surface area contributed by atoms with Crippen LogP contribution in [0.25, 0.3) is 0 Å². The van der Waals surface area contributed by atoms with Gasteiger partial charge in [-0.2, -0.15) is 0 Å². The van der Waals surface area contributed by atoms with E-state index < -0.39 is 26.3 Å². The highest BCUT2D eigenvalue weighted by molar-refractivity contribution is 4.45. The molecule has 0 radical (unpaired) electrons. The van der Waals surface area contributed by atoms with Gasteiger partial charge in [-0.1, -0.05) is 13.3 Å². The van der Waals surface area contributed by atoms with Gasteiger partial charge in [0.1, 0.15) is 0 Å². The standard InChI is InChI=1S/C5H12O3.4HNO3/c1-2-3-4-5(6,7)8;4*2-1(3)4/h6-8H,2-4H2,1H3;4*(H,2,3,4). The summed E-state index contributed by atoms with van der Waals surface area (Å²) in [7, 11) is 0. The molecule has 19 nitrogen and oxygen atoms in total. The molecule has 0 aromatic carbocycles. The number of aliphatic hydroxyl groups is 3. The first-order valence-corrected chi connectivity index (χ1v) is 4.99. The van der Waals surface area contributed by atoms with Crippen molar-refractivity contribution in [3.05, 3.63) is 40.5 Å². The summed E-state index contributed by atoms with van der Waals surface area (Å²) in [6, 6.07) is 0. The molecule has 19 heteroatoms. The van der Waals surface area contributed by atoms with E-state index in [9.17, 15) is 0 Å². The summed E-state index contributed by atoms with van der Waals surface area (Å²) < 4.78 is 0. The Morgan fingerprint density at radius 2 is 0.875 bits per heavy atom. The highest BCUT2D eigenvalue weighted by Gasteiger charge is 2.15. The van der Waals surface area contributed by atoms with Crippen LogP contribution in [0.4, 0.5) is 0 Å². The van der Waals surface area contributed by atoms with Crippen molar-refractivity contribution in [2.24, 2.45) is 0 Å². The molecule has 0 unspecified atom stereocenters. The summed E-state index contributed by atoms with van der Waals surface area (Å²) in [5.41, 5.74) is 0. The van der Waals surface area contributed by atoms with Crippen molar-refractivity contribution in [3.63, 3.8) is 0 Å². The molecule has 0 amide bonds. The lowest BCUT2D eigenvalue weighted by atomic mass is 10.2. The lowest BCUT2D eigenvalue weighted by Crippen LogP contribution is -2.26. The molecule has 0 heterocycles. The van der Waals surface area contributed by atoms with E-state index in [1.807, 2.05) is 6.92 Å². The van der Waals surface area contributed by atoms with Gasteiger partial charge in [0, 0.05) is 6.42 Å². The first kappa shape index (κ1) is 32.6. The first-order valence-electron chi connectivity index (χ1n) is 4.99. The second-order valence-corrected chi connectivity index (χ2v) is 2.83. The number of nitrogens with zero attached hydrogens (tertiary/aromatic N) is 4. The lowest BCUT2D eigenvalue weighted by Gasteiger charge is -2.11. The van der Waals surface area contributed by atoms with Crippen LogP contribution in [0.5, 0.6) is 0 Å². The topological polar surface area (TPSA) is 314 Å². The summed E-state index contributed by atoms with van der Waals surface area (Å²) in [6.45, 7) is 1.91. The summed E-state index contributed by atoms with van der Waals surface area (Å²) >= 11 is 0. The van der Waals surface area contributed by atoms with E-state index in [2.05, 4.69) is 0 Å². The zero-order valence-electron chi connectivity index (χ0n) is 11.8. The maximum atomic E-state index is 8.36. The SMILES string of the molecule is CCCCC(O)(O)O.O=[N+]([O-])O.O=[N+]([O-])O.O=[N+]([O-])O.O=[N+]([O-])O. The average Bonchev–Trinajstić information content (AvgIpc) is 2.21. The van der Waals surface area contributed by atoms with E-state index in [1.165, 1.54) is 0 Å². The van der Waals surface area contributed by atoms with E-state index in [4.69, 9.17) is 76.6 Å². The third-order valence-electron chi connectivity index (χ3n) is 0.866. The fourth-order valence-corrected chi connectivity index (χ4v) is 0.414. The molecule has 0 saturated heterocycles. The van der Waals surface area contributed by atoms with Crippen LogP contribution in [0.3, 0.4) is 0 Å². The third-order valence-corrected chi connectivity index (χ3v) is 0.866. The summed E-state index contributed by atoms with van der Waals surface area (Å²) in [6.07, 6.45) is 1.51. The Balaban J connectivity index is -0.0000000657. The van der Waals surface area contributed by atoms with Gasteiger partial charge < -0.3 is 36.1 Å². The maximum Gasteiger partial charge on any atom is 0.291 e. The van der Waals surface area contributed by atoms with Crippen LogP contribution in [0.15, 0.2) is 0 Å². The van der Waals surface area contributed by atoms with Crippen molar-refractivity contribution >= 4 is 0 Å². The second kappa shape index (κ2) is 22.0. The maximum absolute atomic E-state index is 8.36. The van der Waals surface area contributed by atoms with Gasteiger partial charge >= 0.3 is 0 Å². The van der Waals surface area contributed by atoms with Crippen LogP contribution >= 0.6 is 0 Å². The molecule has 0 fully saturated rings. The van der Waals surface area contributed by atoms with E-state index in [0.717, 1.165) is 6.42 Å². The highest BCUT2D eigenvalue weighted by Crippen LogP contribution is 2.05. The van der Waals surface area contributed by atoms with Crippen LogP contribution in [-0.2, 0) is 0 Å². The zero-order chi connectivity index (χ0) is 20.9. The van der Waals surface area contributed by atoms with Gasteiger partial charge in [-0.15, -0.1) is 40.5 Å². The first-order chi connectivity index (χ1) is 10.5. The van der Waals surface area contributed by atoms with Gasteiger partial charge in [-0.3, -0.25) is 0 Å². The lowest BCUT2D eigenvalue weighted by molar-refractivity contribution is -0.742. The molecule has 0 aromatic heterocycles. The van der Waals surface area contributed by atoms with Gasteiger partial charge in [0.25, 0.3) is 26.3 Å². The Hall–Kier alpha value is -3.32. The third kappa shape index (κ3) is 2070. The molecule has 0 aliphatic heterocycles. The van der Waals surface area contributed by atoms with E-state index in [-0.39, 0.29) is 6.42 Å². The quantitative estimate of drug-likeness (QED) is 0.167. The average molecular weight is 372 g/mol. The van der Waals surface area contributed by atoms with Gasteiger partial charge in [0.15, 0.2) is 0 Å². The van der Waals surface area contributed by atoms with Crippen LogP contribution in [0, 0.1) is 40.5 Å². The van der Waals surface area contributed by atoms with Crippen molar-refractivity contribution in [2.75, 3.05) is 0 Å². The minimum absolute atomic E-state index is 0.0312. The molecule has 7 N–H and O–H groups in total. The molecule has 0 bridgehead atoms. The molecule has 0 rings (SSSR count). The fourth-order valence-electron chi connectivity index (χ4n) is 0.414. The number of rotatable bonds is 3. The minimum Gasteiger partial charge on any atom is -0.344 e. The smallest absolute Gasteiger partial charge is 0.291 e. The summed E-state index contributed by atoms with van der Waals surface area (Å²) in [5.74, 6) is -2.45. The minimum atomic E-state index is -2.45. The second-order valence-electron chi connectivity index (χ2n) is 2.83. The highest BCUT2D eigenvalue weighted by atomic mass is 16.9. The molecule has 0 aliphatic rings. The van der Waals surface area contributed by atoms with Gasteiger partial charge in [-0.05, 0) is 6.42 Å². The molecule has 24 heavy (non-hydrogen) atoms. The molecular weight excluding hydrogens is 356 g/mol. The molecule has 0 spiro atoms. The van der Waals surface area contributed by atoms with E-state index >= 15 is 0 Å². The molecule has 146 valence electrons. The van der Waals surface area contributed by atoms with Crippen molar-refractivity contribution in [1.82, 2.24) is 0 Å². The molecular formula is C5H16N4O15. The Kier molecular flexibility index (Phi) is 29.8. The number of hydrogen-bond acceptors (Lipinski definition) is 11. The molecule has 0 atom stereocenters. The zero-order valence-corrected chi connectivity index (χ0v) is 11.8. The van der Waals surface area contributed by atoms with Crippen molar-refractivity contribution < 1.29 is 56.5 Å². The normalized spacial score (nSPS) is 8.00. The van der Waals surface area contributed by atoms with Crippen LogP contribution in [0.2, 0.25) is 0 Å². The predicted molar refractivity (Wildman–Crippen MR) is 64.0 cm³/mol. The molecule has 0 aliphatic carbocycles. The molecule has 0 saturated carbocycles. The van der Waals surface area contributed by atoms with E-state index in [1.54, 1.807) is 0 Å². The Morgan fingerprint density at radius 3 is 0.917 bits per heavy atom. The number of unbranched alkanes of at least 4 members (excludes halogenated alkanes) is 1. The fraction of sp³-hybridized carbons (Fsp3) is 1.00. The van der Waals surface area contributed by atoms with Crippen LogP contribution in [0.1, 0.15) is 26.2 Å². The van der Waals surface area contributed by atoms with Gasteiger partial charge in [0.2, 0.25) is 0 Å². The summed E-state index contributed by atoms with van der Waals surface area (Å²) in [5, 5.41) is 79.3. The Bertz CT molecular complexity index is 275.